The molecule has 2 heterocycles. The smallest absolute Gasteiger partial charge is 0.271 e. The zero-order valence-electron chi connectivity index (χ0n) is 23.4. The van der Waals surface area contributed by atoms with Crippen molar-refractivity contribution in [3.05, 3.63) is 161 Å². The van der Waals surface area contributed by atoms with Crippen molar-refractivity contribution in [2.75, 3.05) is 0 Å². The average molecular weight is 841 g/mol. The number of benzene rings is 4. The monoisotopic (exact) mass is 841 g/mol. The fraction of sp³-hybridized carbons (Fsp3) is 0.118. The summed E-state index contributed by atoms with van der Waals surface area (Å²) >= 11 is 5.79. The zero-order valence-corrected chi connectivity index (χ0v) is 28.5. The summed E-state index contributed by atoms with van der Waals surface area (Å²) in [5, 5.41) is 10.9. The first-order valence-electron chi connectivity index (χ1n) is 14.0. The van der Waals surface area contributed by atoms with Crippen LogP contribution in [0.3, 0.4) is 0 Å². The SMILES string of the molecule is O=c1/c(=C\c2cc(I)c(OCc3ccc([N+](=O)[O-])cc3)c(I)c2)sc2n1[C@@H](c1ccc(F)cc1)C1=C(N=2)c2ccccc2CC1. The van der Waals surface area contributed by atoms with Gasteiger partial charge in [0.15, 0.2) is 4.80 Å². The molecule has 1 aliphatic heterocycles. The van der Waals surface area contributed by atoms with E-state index in [1.165, 1.54) is 41.2 Å². The number of aryl methyl sites for hydroxylation is 1. The van der Waals surface area contributed by atoms with Crippen LogP contribution in [-0.4, -0.2) is 9.49 Å². The third-order valence-electron chi connectivity index (χ3n) is 7.91. The molecule has 4 aromatic carbocycles. The molecule has 0 bridgehead atoms. The standard InChI is InChI=1S/C34H22FI2N3O4S/c35-23-10-7-22(8-11-23)31-26-14-9-21-3-1-2-4-25(21)30(26)38-34-39(31)33(41)29(45-34)17-20-15-27(36)32(28(37)16-20)44-18-19-5-12-24(13-6-19)40(42)43/h1-8,10-13,15-17,31H,9,14,18H2/b29-17+/t31-/m0/s1. The van der Waals surface area contributed by atoms with Crippen LogP contribution in [0.4, 0.5) is 10.1 Å². The van der Waals surface area contributed by atoms with Crippen molar-refractivity contribution in [2.24, 2.45) is 4.99 Å². The van der Waals surface area contributed by atoms with Gasteiger partial charge in [-0.1, -0.05) is 47.7 Å². The van der Waals surface area contributed by atoms with Gasteiger partial charge in [0.25, 0.3) is 11.2 Å². The topological polar surface area (TPSA) is 86.7 Å². The third-order valence-corrected chi connectivity index (χ3v) is 10.5. The minimum absolute atomic E-state index is 0.0338. The van der Waals surface area contributed by atoms with E-state index in [4.69, 9.17) is 9.73 Å². The summed E-state index contributed by atoms with van der Waals surface area (Å²) in [6, 6.07) is 24.5. The van der Waals surface area contributed by atoms with E-state index in [2.05, 4.69) is 57.3 Å². The molecule has 11 heteroatoms. The molecule has 0 radical (unpaired) electrons. The zero-order chi connectivity index (χ0) is 31.2. The average Bonchev–Trinajstić information content (AvgIpc) is 3.34. The van der Waals surface area contributed by atoms with E-state index < -0.39 is 4.92 Å². The van der Waals surface area contributed by atoms with Crippen molar-refractivity contribution in [3.8, 4) is 5.75 Å². The van der Waals surface area contributed by atoms with Gasteiger partial charge in [-0.15, -0.1) is 0 Å². The largest absolute Gasteiger partial charge is 0.487 e. The fourth-order valence-electron chi connectivity index (χ4n) is 5.79. The second-order valence-corrected chi connectivity index (χ2v) is 14.0. The van der Waals surface area contributed by atoms with Crippen molar-refractivity contribution in [1.29, 1.82) is 0 Å². The molecule has 0 fully saturated rings. The first kappa shape index (κ1) is 30.0. The summed E-state index contributed by atoms with van der Waals surface area (Å²) in [7, 11) is 0. The van der Waals surface area contributed by atoms with Crippen molar-refractivity contribution < 1.29 is 14.1 Å². The molecule has 1 atom stereocenters. The Balaban J connectivity index is 1.27. The van der Waals surface area contributed by atoms with E-state index >= 15 is 0 Å². The molecule has 0 N–H and O–H groups in total. The van der Waals surface area contributed by atoms with Gasteiger partial charge in [-0.25, -0.2) is 9.38 Å². The Morgan fingerprint density at radius 2 is 1.73 bits per heavy atom. The number of allylic oxidation sites excluding steroid dienone is 1. The van der Waals surface area contributed by atoms with Crippen LogP contribution in [0.15, 0.2) is 100 Å². The number of halogens is 3. The number of rotatable bonds is 6. The molecule has 2 aliphatic rings. The minimum atomic E-state index is -0.428. The lowest BCUT2D eigenvalue weighted by Crippen LogP contribution is -2.38. The number of nitro groups is 1. The molecular weight excluding hydrogens is 819 g/mol. The number of non-ortho nitro benzene ring substituents is 1. The van der Waals surface area contributed by atoms with Crippen LogP contribution in [0.2, 0.25) is 0 Å². The summed E-state index contributed by atoms with van der Waals surface area (Å²) < 4.78 is 24.1. The fourth-order valence-corrected chi connectivity index (χ4v) is 8.92. The number of thiazole rings is 1. The van der Waals surface area contributed by atoms with E-state index in [-0.39, 0.29) is 29.7 Å². The molecule has 1 aromatic heterocycles. The Hall–Kier alpha value is -3.69. The highest BCUT2D eigenvalue weighted by molar-refractivity contribution is 14.1. The molecule has 7 rings (SSSR count). The minimum Gasteiger partial charge on any atom is -0.487 e. The predicted octanol–water partition coefficient (Wildman–Crippen LogP) is 7.15. The van der Waals surface area contributed by atoms with Gasteiger partial charge in [-0.05, 0) is 128 Å². The van der Waals surface area contributed by atoms with E-state index in [1.807, 2.05) is 30.3 Å². The third kappa shape index (κ3) is 5.76. The molecule has 0 spiro atoms. The lowest BCUT2D eigenvalue weighted by atomic mass is 9.83. The lowest BCUT2D eigenvalue weighted by molar-refractivity contribution is -0.384. The molecule has 0 saturated heterocycles. The molecular formula is C34H22FI2N3O4S. The lowest BCUT2D eigenvalue weighted by Gasteiger charge is -2.30. The normalized spacial score (nSPS) is 15.6. The van der Waals surface area contributed by atoms with Crippen LogP contribution in [0, 0.1) is 23.1 Å². The number of nitro benzene ring substituents is 1. The second-order valence-electron chi connectivity index (χ2n) is 10.7. The van der Waals surface area contributed by atoms with Crippen LogP contribution < -0.4 is 19.6 Å². The molecule has 0 amide bonds. The van der Waals surface area contributed by atoms with Gasteiger partial charge in [0, 0.05) is 17.7 Å². The van der Waals surface area contributed by atoms with Gasteiger partial charge < -0.3 is 4.74 Å². The first-order valence-corrected chi connectivity index (χ1v) is 17.0. The maximum Gasteiger partial charge on any atom is 0.271 e. The van der Waals surface area contributed by atoms with Crippen LogP contribution in [0.25, 0.3) is 11.8 Å². The summed E-state index contributed by atoms with van der Waals surface area (Å²) in [5.41, 5.74) is 6.70. The Morgan fingerprint density at radius 3 is 2.44 bits per heavy atom. The van der Waals surface area contributed by atoms with E-state index in [0.29, 0.717) is 15.1 Å². The molecule has 224 valence electrons. The highest BCUT2D eigenvalue weighted by atomic mass is 127. The van der Waals surface area contributed by atoms with Gasteiger partial charge >= 0.3 is 0 Å². The number of fused-ring (bicyclic) bond motifs is 3. The van der Waals surface area contributed by atoms with Crippen LogP contribution in [0.1, 0.15) is 40.3 Å². The molecule has 0 saturated carbocycles. The van der Waals surface area contributed by atoms with E-state index in [0.717, 1.165) is 53.5 Å². The van der Waals surface area contributed by atoms with Crippen LogP contribution in [-0.2, 0) is 13.0 Å². The Bertz CT molecular complexity index is 2190. The Morgan fingerprint density at radius 1 is 1.02 bits per heavy atom. The number of hydrogen-bond donors (Lipinski definition) is 0. The number of hydrogen-bond acceptors (Lipinski definition) is 6. The second kappa shape index (κ2) is 12.2. The highest BCUT2D eigenvalue weighted by Gasteiger charge is 2.32. The maximum atomic E-state index is 14.1. The van der Waals surface area contributed by atoms with Gasteiger partial charge in [-0.2, -0.15) is 0 Å². The summed E-state index contributed by atoms with van der Waals surface area (Å²) in [4.78, 5) is 30.2. The van der Waals surface area contributed by atoms with Gasteiger partial charge in [0.1, 0.15) is 18.2 Å². The maximum absolute atomic E-state index is 14.1. The molecule has 7 nitrogen and oxygen atoms in total. The number of ether oxygens (including phenoxy) is 1. The van der Waals surface area contributed by atoms with Crippen molar-refractivity contribution >= 4 is 74.0 Å². The molecule has 5 aromatic rings. The van der Waals surface area contributed by atoms with E-state index in [1.54, 1.807) is 28.8 Å². The first-order chi connectivity index (χ1) is 21.8. The van der Waals surface area contributed by atoms with Crippen LogP contribution in [0.5, 0.6) is 5.75 Å². The van der Waals surface area contributed by atoms with Gasteiger partial charge in [0.05, 0.1) is 28.3 Å². The Kier molecular flexibility index (Phi) is 8.16. The predicted molar refractivity (Wildman–Crippen MR) is 188 cm³/mol. The van der Waals surface area contributed by atoms with E-state index in [9.17, 15) is 19.3 Å². The molecule has 0 unspecified atom stereocenters. The van der Waals surface area contributed by atoms with Crippen molar-refractivity contribution in [2.45, 2.75) is 25.5 Å². The van der Waals surface area contributed by atoms with Crippen molar-refractivity contribution in [3.63, 3.8) is 0 Å². The molecule has 45 heavy (non-hydrogen) atoms. The van der Waals surface area contributed by atoms with Gasteiger partial charge in [0.2, 0.25) is 0 Å². The summed E-state index contributed by atoms with van der Waals surface area (Å²) in [6.45, 7) is 0.263. The number of aromatic nitrogens is 1. The van der Waals surface area contributed by atoms with Crippen molar-refractivity contribution in [1.82, 2.24) is 4.57 Å². The summed E-state index contributed by atoms with van der Waals surface area (Å²) in [6.07, 6.45) is 3.49. The highest BCUT2D eigenvalue weighted by Crippen LogP contribution is 2.41. The quantitative estimate of drug-likeness (QED) is 0.103. The summed E-state index contributed by atoms with van der Waals surface area (Å²) in [5.74, 6) is 0.384. The van der Waals surface area contributed by atoms with Crippen LogP contribution >= 0.6 is 56.5 Å². The molecule has 1 aliphatic carbocycles. The van der Waals surface area contributed by atoms with Gasteiger partial charge in [-0.3, -0.25) is 19.5 Å². The number of nitrogens with zero attached hydrogens (tertiary/aromatic N) is 3. The Labute approximate surface area is 287 Å².